The number of aryl methyl sites for hydroxylation is 2. The van der Waals surface area contributed by atoms with Crippen molar-refractivity contribution in [1.29, 1.82) is 0 Å². The van der Waals surface area contributed by atoms with Crippen molar-refractivity contribution in [3.05, 3.63) is 78.3 Å². The molecule has 156 valence electrons. The topological polar surface area (TPSA) is 83.8 Å². The Bertz CT molecular complexity index is 1450. The molecule has 3 heterocycles. The number of carbonyl (C=O) groups is 2. The van der Waals surface area contributed by atoms with E-state index in [0.29, 0.717) is 33.8 Å². The van der Waals surface area contributed by atoms with Gasteiger partial charge in [0.15, 0.2) is 10.6 Å². The minimum absolute atomic E-state index is 0.00786. The first-order valence-electron chi connectivity index (χ1n) is 9.91. The van der Waals surface area contributed by atoms with Crippen molar-refractivity contribution < 1.29 is 9.59 Å². The van der Waals surface area contributed by atoms with E-state index in [0.717, 1.165) is 28.1 Å². The predicted molar refractivity (Wildman–Crippen MR) is 120 cm³/mol. The summed E-state index contributed by atoms with van der Waals surface area (Å²) in [5, 5.41) is 2.91. The number of benzene rings is 2. The number of amides is 1. The highest BCUT2D eigenvalue weighted by atomic mass is 32.1. The van der Waals surface area contributed by atoms with Gasteiger partial charge in [0.05, 0.1) is 11.3 Å². The minimum atomic E-state index is -0.253. The third kappa shape index (κ3) is 3.11. The number of Topliss-reactive ketones (excluding diaryl/α,β-unsaturated/α-hetero) is 1. The highest BCUT2D eigenvalue weighted by Crippen LogP contribution is 2.33. The van der Waals surface area contributed by atoms with E-state index >= 15 is 0 Å². The van der Waals surface area contributed by atoms with Crippen LogP contribution in [0.5, 0.6) is 0 Å². The SMILES string of the molecule is CC(=O)c1ccc(N2CN=c3sc(=C4C(=O)Nc5c(C)cc(C)cc54)c(=O)n3C2)cc1. The lowest BCUT2D eigenvalue weighted by atomic mass is 10.0. The van der Waals surface area contributed by atoms with Gasteiger partial charge in [-0.2, -0.15) is 0 Å². The molecule has 0 fully saturated rings. The van der Waals surface area contributed by atoms with Crippen LogP contribution in [0, 0.1) is 13.8 Å². The number of rotatable bonds is 2. The zero-order valence-electron chi connectivity index (χ0n) is 17.4. The second-order valence-corrected chi connectivity index (χ2v) is 8.84. The Morgan fingerprint density at radius 3 is 2.58 bits per heavy atom. The van der Waals surface area contributed by atoms with Crippen LogP contribution in [0.3, 0.4) is 0 Å². The quantitative estimate of drug-likeness (QED) is 0.628. The lowest BCUT2D eigenvalue weighted by molar-refractivity contribution is -0.110. The summed E-state index contributed by atoms with van der Waals surface area (Å²) in [6.07, 6.45) is 0. The molecule has 0 radical (unpaired) electrons. The zero-order valence-corrected chi connectivity index (χ0v) is 18.2. The number of nitrogens with zero attached hydrogens (tertiary/aromatic N) is 3. The number of thiazole rings is 1. The fraction of sp³-hybridized carbons (Fsp3) is 0.217. The van der Waals surface area contributed by atoms with Gasteiger partial charge in [-0.25, -0.2) is 4.99 Å². The van der Waals surface area contributed by atoms with Crippen molar-refractivity contribution in [3.8, 4) is 0 Å². The number of carbonyl (C=O) groups excluding carboxylic acids is 2. The largest absolute Gasteiger partial charge is 0.334 e. The van der Waals surface area contributed by atoms with E-state index in [1.54, 1.807) is 16.7 Å². The molecule has 1 aromatic heterocycles. The first-order chi connectivity index (χ1) is 14.8. The number of fused-ring (bicyclic) bond motifs is 2. The molecule has 0 bridgehead atoms. The van der Waals surface area contributed by atoms with Crippen molar-refractivity contribution in [2.45, 2.75) is 27.4 Å². The third-order valence-electron chi connectivity index (χ3n) is 5.63. The first-order valence-corrected chi connectivity index (χ1v) is 10.7. The van der Waals surface area contributed by atoms with E-state index in [2.05, 4.69) is 10.3 Å². The molecule has 0 unspecified atom stereocenters. The van der Waals surface area contributed by atoms with Crippen LogP contribution < -0.4 is 25.1 Å². The maximum atomic E-state index is 13.3. The maximum absolute atomic E-state index is 13.3. The standard InChI is InChI=1S/C23H20N4O3S/c1-12-8-13(2)19-17(9-12)18(21(29)25-19)20-22(30)27-11-26(10-24-23(27)31-20)16-6-4-15(5-7-16)14(3)28/h4-9H,10-11H2,1-3H3,(H,25,29). The number of hydrogen-bond acceptors (Lipinski definition) is 6. The summed E-state index contributed by atoms with van der Waals surface area (Å²) in [6, 6.07) is 11.2. The van der Waals surface area contributed by atoms with Gasteiger partial charge in [-0.05, 0) is 56.7 Å². The van der Waals surface area contributed by atoms with Crippen LogP contribution in [-0.4, -0.2) is 22.9 Å². The molecule has 2 aliphatic heterocycles. The molecule has 0 aliphatic carbocycles. The second kappa shape index (κ2) is 7.02. The highest BCUT2D eigenvalue weighted by Gasteiger charge is 2.29. The van der Waals surface area contributed by atoms with Crippen LogP contribution in [0.25, 0.3) is 5.57 Å². The summed E-state index contributed by atoms with van der Waals surface area (Å²) in [5.41, 5.74) is 5.28. The number of hydrogen-bond donors (Lipinski definition) is 1. The van der Waals surface area contributed by atoms with Crippen LogP contribution >= 0.6 is 11.3 Å². The maximum Gasteiger partial charge on any atom is 0.272 e. The van der Waals surface area contributed by atoms with Gasteiger partial charge in [-0.15, -0.1) is 0 Å². The molecular formula is C23H20N4O3S. The Balaban J connectivity index is 1.60. The Morgan fingerprint density at radius 1 is 1.13 bits per heavy atom. The zero-order chi connectivity index (χ0) is 21.9. The van der Waals surface area contributed by atoms with Gasteiger partial charge in [0.25, 0.3) is 11.5 Å². The van der Waals surface area contributed by atoms with Crippen LogP contribution in [0.15, 0.2) is 46.2 Å². The first kappa shape index (κ1) is 19.4. The fourth-order valence-electron chi connectivity index (χ4n) is 4.09. The van der Waals surface area contributed by atoms with Gasteiger partial charge in [-0.1, -0.05) is 23.0 Å². The number of nitrogens with one attached hydrogen (secondary N) is 1. The normalized spacial score (nSPS) is 16.5. The molecule has 8 heteroatoms. The van der Waals surface area contributed by atoms with Crippen molar-refractivity contribution in [1.82, 2.24) is 4.57 Å². The molecule has 2 aromatic carbocycles. The molecule has 1 amide bonds. The lowest BCUT2D eigenvalue weighted by Crippen LogP contribution is -2.43. The van der Waals surface area contributed by atoms with E-state index in [1.807, 2.05) is 43.0 Å². The third-order valence-corrected chi connectivity index (χ3v) is 6.75. The van der Waals surface area contributed by atoms with Gasteiger partial charge in [0, 0.05) is 16.8 Å². The Kier molecular flexibility index (Phi) is 4.40. The van der Waals surface area contributed by atoms with Gasteiger partial charge < -0.3 is 10.2 Å². The molecule has 1 N–H and O–H groups in total. The minimum Gasteiger partial charge on any atom is -0.334 e. The van der Waals surface area contributed by atoms with Gasteiger partial charge in [0.2, 0.25) is 0 Å². The number of anilines is 2. The molecule has 0 saturated heterocycles. The average Bonchev–Trinajstić information content (AvgIpc) is 3.24. The monoisotopic (exact) mass is 432 g/mol. The summed E-state index contributed by atoms with van der Waals surface area (Å²) in [6.45, 7) is 6.19. The lowest BCUT2D eigenvalue weighted by Gasteiger charge is -2.25. The van der Waals surface area contributed by atoms with Crippen molar-refractivity contribution in [2.75, 3.05) is 16.9 Å². The Labute approximate surface area is 182 Å². The van der Waals surface area contributed by atoms with Crippen LogP contribution in [-0.2, 0) is 11.5 Å². The summed E-state index contributed by atoms with van der Waals surface area (Å²) >= 11 is 1.26. The van der Waals surface area contributed by atoms with E-state index in [1.165, 1.54) is 18.3 Å². The summed E-state index contributed by atoms with van der Waals surface area (Å²) in [4.78, 5) is 44.7. The van der Waals surface area contributed by atoms with E-state index in [4.69, 9.17) is 0 Å². The van der Waals surface area contributed by atoms with Gasteiger partial charge in [-0.3, -0.25) is 19.0 Å². The van der Waals surface area contributed by atoms with Gasteiger partial charge >= 0.3 is 0 Å². The molecule has 0 spiro atoms. The van der Waals surface area contributed by atoms with Crippen LogP contribution in [0.2, 0.25) is 0 Å². The van der Waals surface area contributed by atoms with Crippen molar-refractivity contribution >= 4 is 40.0 Å². The molecule has 3 aromatic rings. The predicted octanol–water partition coefficient (Wildman–Crippen LogP) is 1.94. The molecular weight excluding hydrogens is 412 g/mol. The molecule has 7 nitrogen and oxygen atoms in total. The summed E-state index contributed by atoms with van der Waals surface area (Å²) in [7, 11) is 0. The van der Waals surface area contributed by atoms with Crippen molar-refractivity contribution in [2.24, 2.45) is 4.99 Å². The molecule has 2 aliphatic rings. The van der Waals surface area contributed by atoms with Gasteiger partial charge in [0.1, 0.15) is 17.9 Å². The molecule has 5 rings (SSSR count). The van der Waals surface area contributed by atoms with Crippen LogP contribution in [0.1, 0.15) is 34.0 Å². The smallest absolute Gasteiger partial charge is 0.272 e. The number of aromatic nitrogens is 1. The van der Waals surface area contributed by atoms with E-state index < -0.39 is 0 Å². The van der Waals surface area contributed by atoms with E-state index in [-0.39, 0.29) is 17.2 Å². The Hall–Kier alpha value is -3.52. The summed E-state index contributed by atoms with van der Waals surface area (Å²) < 4.78 is 2.01. The van der Waals surface area contributed by atoms with E-state index in [9.17, 15) is 14.4 Å². The van der Waals surface area contributed by atoms with Crippen molar-refractivity contribution in [3.63, 3.8) is 0 Å². The number of ketones is 1. The second-order valence-electron chi connectivity index (χ2n) is 7.86. The highest BCUT2D eigenvalue weighted by molar-refractivity contribution is 7.07. The Morgan fingerprint density at radius 2 is 1.87 bits per heavy atom. The average molecular weight is 433 g/mol. The summed E-state index contributed by atoms with van der Waals surface area (Å²) in [5.74, 6) is -0.245. The van der Waals surface area contributed by atoms with Crippen LogP contribution in [0.4, 0.5) is 11.4 Å². The molecule has 0 saturated carbocycles. The molecule has 31 heavy (non-hydrogen) atoms. The molecule has 0 atom stereocenters. The fourth-order valence-corrected chi connectivity index (χ4v) is 5.14.